The number of likely N-dealkylation sites (N-methyl/N-ethyl adjacent to an activating group) is 1. The van der Waals surface area contributed by atoms with Crippen LogP contribution in [0, 0.1) is 0 Å². The standard InChI is InChI=1S/C24H27NO5/c1-3-4-5-6-19(27)29-17-9-10-24(28)18-13-15-7-8-16(14-26)21-20(15)23(24,22(17)30-21)11-12-25(18)2/h3-9,18,22,26,28H,10-14H2,1-2H3/b4-3+,6-5+/t18-,22+,23+,24-/m1/s1. The lowest BCUT2D eigenvalue weighted by atomic mass is 9.50. The molecule has 0 saturated carbocycles. The Hall–Kier alpha value is -2.41. The van der Waals surface area contributed by atoms with Gasteiger partial charge in [0.15, 0.2) is 6.10 Å². The topological polar surface area (TPSA) is 79.2 Å². The van der Waals surface area contributed by atoms with E-state index in [2.05, 4.69) is 11.9 Å². The SMILES string of the molecule is C/C=C/C=C/C(=O)OC1=CC[C@@]2(O)[C@H]3Cc4ccc(CO)c5c4[C@@]2(CCN3C)[C@H]1O5. The highest BCUT2D eigenvalue weighted by atomic mass is 16.6. The fourth-order valence-corrected chi connectivity index (χ4v) is 6.03. The highest BCUT2D eigenvalue weighted by Crippen LogP contribution is 2.64. The van der Waals surface area contributed by atoms with Gasteiger partial charge in [-0.3, -0.25) is 0 Å². The van der Waals surface area contributed by atoms with Crippen molar-refractivity contribution in [3.63, 3.8) is 0 Å². The lowest BCUT2D eigenvalue weighted by molar-refractivity contribution is -0.168. The number of likely N-dealkylation sites (tertiary alicyclic amines) is 1. The van der Waals surface area contributed by atoms with E-state index in [1.54, 1.807) is 12.2 Å². The van der Waals surface area contributed by atoms with E-state index in [1.807, 2.05) is 31.2 Å². The Balaban J connectivity index is 1.63. The first-order valence-electron chi connectivity index (χ1n) is 10.5. The number of hydrogen-bond donors (Lipinski definition) is 2. The molecule has 0 radical (unpaired) electrons. The number of hydrogen-bond acceptors (Lipinski definition) is 6. The fraction of sp³-hybridized carbons (Fsp3) is 0.458. The second-order valence-electron chi connectivity index (χ2n) is 8.71. The maximum absolute atomic E-state index is 12.4. The number of ether oxygens (including phenoxy) is 2. The number of nitrogens with zero attached hydrogens (tertiary/aromatic N) is 1. The molecule has 2 heterocycles. The molecule has 5 rings (SSSR count). The number of carbonyl (C=O) groups is 1. The highest BCUT2D eigenvalue weighted by molar-refractivity contribution is 5.83. The third-order valence-electron chi connectivity index (χ3n) is 7.38. The molecule has 2 bridgehead atoms. The molecule has 30 heavy (non-hydrogen) atoms. The monoisotopic (exact) mass is 409 g/mol. The number of piperidine rings is 1. The molecule has 158 valence electrons. The smallest absolute Gasteiger partial charge is 0.335 e. The van der Waals surface area contributed by atoms with E-state index in [4.69, 9.17) is 9.47 Å². The molecule has 4 atom stereocenters. The van der Waals surface area contributed by atoms with E-state index in [1.165, 1.54) is 6.08 Å². The van der Waals surface area contributed by atoms with Crippen LogP contribution in [-0.4, -0.2) is 52.4 Å². The van der Waals surface area contributed by atoms with Crippen LogP contribution in [0.3, 0.4) is 0 Å². The van der Waals surface area contributed by atoms with Crippen molar-refractivity contribution < 1.29 is 24.5 Å². The van der Waals surface area contributed by atoms with Crippen LogP contribution in [0.15, 0.2) is 48.3 Å². The van der Waals surface area contributed by atoms with Crippen LogP contribution in [0.4, 0.5) is 0 Å². The third kappa shape index (κ3) is 2.38. The second-order valence-corrected chi connectivity index (χ2v) is 8.71. The summed E-state index contributed by atoms with van der Waals surface area (Å²) in [6, 6.07) is 3.91. The van der Waals surface area contributed by atoms with Crippen molar-refractivity contribution in [2.75, 3.05) is 13.6 Å². The van der Waals surface area contributed by atoms with E-state index >= 15 is 0 Å². The van der Waals surface area contributed by atoms with Gasteiger partial charge in [0, 0.05) is 29.7 Å². The summed E-state index contributed by atoms with van der Waals surface area (Å²) in [7, 11) is 2.06. The summed E-state index contributed by atoms with van der Waals surface area (Å²) in [6.45, 7) is 2.55. The van der Waals surface area contributed by atoms with Gasteiger partial charge in [0.25, 0.3) is 0 Å². The van der Waals surface area contributed by atoms with Crippen molar-refractivity contribution in [1.82, 2.24) is 4.90 Å². The second kappa shape index (κ2) is 6.80. The summed E-state index contributed by atoms with van der Waals surface area (Å²) in [6.07, 6.45) is 9.65. The number of benzene rings is 1. The van der Waals surface area contributed by atoms with Crippen molar-refractivity contribution in [1.29, 1.82) is 0 Å². The van der Waals surface area contributed by atoms with Gasteiger partial charge < -0.3 is 24.6 Å². The first-order chi connectivity index (χ1) is 14.5. The fourth-order valence-electron chi connectivity index (χ4n) is 6.03. The zero-order chi connectivity index (χ0) is 21.1. The molecule has 1 saturated heterocycles. The zero-order valence-electron chi connectivity index (χ0n) is 17.3. The number of allylic oxidation sites excluding steroid dienone is 3. The number of rotatable bonds is 4. The molecule has 1 aromatic rings. The van der Waals surface area contributed by atoms with Crippen LogP contribution in [0.25, 0.3) is 0 Å². The summed E-state index contributed by atoms with van der Waals surface area (Å²) >= 11 is 0. The Labute approximate surface area is 176 Å². The van der Waals surface area contributed by atoms with Gasteiger partial charge in [-0.15, -0.1) is 0 Å². The highest BCUT2D eigenvalue weighted by Gasteiger charge is 2.71. The summed E-state index contributed by atoms with van der Waals surface area (Å²) < 4.78 is 12.1. The quantitative estimate of drug-likeness (QED) is 0.451. The van der Waals surface area contributed by atoms with Gasteiger partial charge in [0.05, 0.1) is 17.6 Å². The molecule has 0 amide bonds. The van der Waals surface area contributed by atoms with E-state index < -0.39 is 23.1 Å². The van der Waals surface area contributed by atoms with Crippen LogP contribution in [-0.2, 0) is 28.0 Å². The zero-order valence-corrected chi connectivity index (χ0v) is 17.3. The lowest BCUT2D eigenvalue weighted by Crippen LogP contribution is -2.74. The Bertz CT molecular complexity index is 996. The Morgan fingerprint density at radius 1 is 1.40 bits per heavy atom. The molecule has 2 aliphatic heterocycles. The number of aliphatic hydroxyl groups excluding tert-OH is 1. The van der Waals surface area contributed by atoms with Crippen molar-refractivity contribution in [2.24, 2.45) is 0 Å². The molecule has 6 heteroatoms. The van der Waals surface area contributed by atoms with E-state index in [0.29, 0.717) is 29.9 Å². The van der Waals surface area contributed by atoms with Gasteiger partial charge in [-0.1, -0.05) is 30.4 Å². The van der Waals surface area contributed by atoms with Gasteiger partial charge in [-0.25, -0.2) is 4.79 Å². The Kier molecular flexibility index (Phi) is 4.43. The Morgan fingerprint density at radius 2 is 2.23 bits per heavy atom. The van der Waals surface area contributed by atoms with Gasteiger partial charge in [-0.05, 0) is 45.0 Å². The Morgan fingerprint density at radius 3 is 3.00 bits per heavy atom. The van der Waals surface area contributed by atoms with Gasteiger partial charge in [-0.2, -0.15) is 0 Å². The molecule has 2 aliphatic carbocycles. The van der Waals surface area contributed by atoms with Crippen LogP contribution >= 0.6 is 0 Å². The molecular weight excluding hydrogens is 382 g/mol. The third-order valence-corrected chi connectivity index (χ3v) is 7.38. The van der Waals surface area contributed by atoms with Gasteiger partial charge >= 0.3 is 5.97 Å². The van der Waals surface area contributed by atoms with Crippen LogP contribution in [0.5, 0.6) is 5.75 Å². The van der Waals surface area contributed by atoms with Crippen molar-refractivity contribution in [3.05, 3.63) is 65.0 Å². The summed E-state index contributed by atoms with van der Waals surface area (Å²) in [5, 5.41) is 22.0. The first kappa shape index (κ1) is 19.5. The average Bonchev–Trinajstić information content (AvgIpc) is 3.08. The molecular formula is C24H27NO5. The molecule has 1 fully saturated rings. The molecule has 4 aliphatic rings. The molecule has 1 spiro atoms. The maximum atomic E-state index is 12.4. The number of carbonyl (C=O) groups excluding carboxylic acids is 1. The maximum Gasteiger partial charge on any atom is 0.335 e. The van der Waals surface area contributed by atoms with E-state index in [-0.39, 0.29) is 12.6 Å². The van der Waals surface area contributed by atoms with Crippen molar-refractivity contribution >= 4 is 5.97 Å². The van der Waals surface area contributed by atoms with Gasteiger partial charge in [0.2, 0.25) is 0 Å². The van der Waals surface area contributed by atoms with Crippen LogP contribution < -0.4 is 4.74 Å². The predicted molar refractivity (Wildman–Crippen MR) is 111 cm³/mol. The molecule has 0 aromatic heterocycles. The largest absolute Gasteiger partial charge is 0.481 e. The van der Waals surface area contributed by atoms with Gasteiger partial charge in [0.1, 0.15) is 11.5 Å². The average molecular weight is 409 g/mol. The predicted octanol–water partition coefficient (Wildman–Crippen LogP) is 2.13. The summed E-state index contributed by atoms with van der Waals surface area (Å²) in [5.74, 6) is 0.629. The molecule has 2 N–H and O–H groups in total. The van der Waals surface area contributed by atoms with Crippen LogP contribution in [0.1, 0.15) is 36.5 Å². The number of aliphatic hydroxyl groups is 2. The minimum absolute atomic E-state index is 0.0427. The minimum atomic E-state index is -1.02. The normalized spacial score (nSPS) is 34.1. The summed E-state index contributed by atoms with van der Waals surface area (Å²) in [5.41, 5.74) is 1.14. The lowest BCUT2D eigenvalue weighted by Gasteiger charge is -2.61. The van der Waals surface area contributed by atoms with E-state index in [0.717, 1.165) is 24.1 Å². The van der Waals surface area contributed by atoms with Crippen LogP contribution in [0.2, 0.25) is 0 Å². The minimum Gasteiger partial charge on any atom is -0.481 e. The number of esters is 1. The van der Waals surface area contributed by atoms with Crippen molar-refractivity contribution in [2.45, 2.75) is 56.0 Å². The van der Waals surface area contributed by atoms with E-state index in [9.17, 15) is 15.0 Å². The molecule has 0 unspecified atom stereocenters. The molecule has 1 aromatic carbocycles. The first-order valence-corrected chi connectivity index (χ1v) is 10.5. The molecule has 6 nitrogen and oxygen atoms in total. The summed E-state index contributed by atoms with van der Waals surface area (Å²) in [4.78, 5) is 14.6. The van der Waals surface area contributed by atoms with Crippen molar-refractivity contribution in [3.8, 4) is 5.75 Å².